The van der Waals surface area contributed by atoms with Crippen molar-refractivity contribution in [1.82, 2.24) is 19.9 Å². The van der Waals surface area contributed by atoms with Crippen molar-refractivity contribution in [2.45, 2.75) is 31.7 Å². The number of fused-ring (bicyclic) bond motifs is 1. The SMILES string of the molecule is CNCc1cccc2nnc(C3CCC3)n12. The predicted molar refractivity (Wildman–Crippen MR) is 62.3 cm³/mol. The van der Waals surface area contributed by atoms with E-state index in [0.717, 1.165) is 18.0 Å². The van der Waals surface area contributed by atoms with Crippen molar-refractivity contribution >= 4 is 5.65 Å². The number of hydrogen-bond donors (Lipinski definition) is 1. The first kappa shape index (κ1) is 9.78. The van der Waals surface area contributed by atoms with Crippen molar-refractivity contribution in [2.24, 2.45) is 0 Å². The van der Waals surface area contributed by atoms with Gasteiger partial charge in [-0.05, 0) is 32.0 Å². The second-order valence-electron chi connectivity index (χ2n) is 4.43. The first-order valence-corrected chi connectivity index (χ1v) is 5.87. The molecular weight excluding hydrogens is 200 g/mol. The Bertz CT molecular complexity index is 499. The number of aromatic nitrogens is 3. The summed E-state index contributed by atoms with van der Waals surface area (Å²) in [6.45, 7) is 0.856. The lowest BCUT2D eigenvalue weighted by Crippen LogP contribution is -2.16. The number of nitrogens with zero attached hydrogens (tertiary/aromatic N) is 3. The van der Waals surface area contributed by atoms with Gasteiger partial charge in [0.05, 0.1) is 0 Å². The molecular formula is C12H16N4. The van der Waals surface area contributed by atoms with Crippen molar-refractivity contribution in [2.75, 3.05) is 7.05 Å². The minimum atomic E-state index is 0.619. The lowest BCUT2D eigenvalue weighted by molar-refractivity contribution is 0.397. The Morgan fingerprint density at radius 1 is 1.38 bits per heavy atom. The summed E-state index contributed by atoms with van der Waals surface area (Å²) < 4.78 is 2.21. The first-order chi connectivity index (χ1) is 7.90. The fraction of sp³-hybridized carbons (Fsp3) is 0.500. The molecule has 0 atom stereocenters. The van der Waals surface area contributed by atoms with Gasteiger partial charge in [-0.25, -0.2) is 0 Å². The molecule has 3 rings (SSSR count). The molecule has 16 heavy (non-hydrogen) atoms. The molecule has 1 N–H and O–H groups in total. The van der Waals surface area contributed by atoms with Gasteiger partial charge < -0.3 is 5.32 Å². The molecule has 1 fully saturated rings. The average molecular weight is 216 g/mol. The standard InChI is InChI=1S/C12H16N4/c1-13-8-10-6-3-7-11-14-15-12(16(10)11)9-4-2-5-9/h3,6-7,9,13H,2,4-5,8H2,1H3. The van der Waals surface area contributed by atoms with E-state index in [-0.39, 0.29) is 0 Å². The van der Waals surface area contributed by atoms with E-state index in [4.69, 9.17) is 0 Å². The van der Waals surface area contributed by atoms with E-state index in [1.807, 2.05) is 19.2 Å². The van der Waals surface area contributed by atoms with Crippen LogP contribution in [0.1, 0.15) is 36.7 Å². The van der Waals surface area contributed by atoms with Crippen LogP contribution >= 0.6 is 0 Å². The van der Waals surface area contributed by atoms with Crippen molar-refractivity contribution in [3.8, 4) is 0 Å². The van der Waals surface area contributed by atoms with Crippen LogP contribution in [-0.2, 0) is 6.54 Å². The number of rotatable bonds is 3. The highest BCUT2D eigenvalue weighted by atomic mass is 15.3. The van der Waals surface area contributed by atoms with Crippen LogP contribution in [0.25, 0.3) is 5.65 Å². The van der Waals surface area contributed by atoms with Crippen molar-refractivity contribution in [1.29, 1.82) is 0 Å². The Morgan fingerprint density at radius 2 is 2.25 bits per heavy atom. The minimum Gasteiger partial charge on any atom is -0.314 e. The van der Waals surface area contributed by atoms with Gasteiger partial charge in [-0.1, -0.05) is 12.5 Å². The molecule has 2 aromatic heterocycles. The molecule has 4 heteroatoms. The molecule has 2 heterocycles. The number of hydrogen-bond acceptors (Lipinski definition) is 3. The van der Waals surface area contributed by atoms with Crippen LogP contribution in [0, 0.1) is 0 Å². The zero-order valence-electron chi connectivity index (χ0n) is 9.48. The normalized spacial score (nSPS) is 16.6. The monoisotopic (exact) mass is 216 g/mol. The summed E-state index contributed by atoms with van der Waals surface area (Å²) in [4.78, 5) is 0. The molecule has 0 aromatic carbocycles. The molecule has 4 nitrogen and oxygen atoms in total. The maximum Gasteiger partial charge on any atom is 0.161 e. The molecule has 0 aliphatic heterocycles. The van der Waals surface area contributed by atoms with Crippen LogP contribution in [-0.4, -0.2) is 21.6 Å². The van der Waals surface area contributed by atoms with E-state index in [1.165, 1.54) is 25.0 Å². The number of nitrogens with one attached hydrogen (secondary N) is 1. The highest BCUT2D eigenvalue weighted by Gasteiger charge is 2.25. The smallest absolute Gasteiger partial charge is 0.161 e. The van der Waals surface area contributed by atoms with Gasteiger partial charge in [0.1, 0.15) is 5.82 Å². The Labute approximate surface area is 94.7 Å². The molecule has 1 saturated carbocycles. The predicted octanol–water partition coefficient (Wildman–Crippen LogP) is 1.72. The van der Waals surface area contributed by atoms with Gasteiger partial charge in [0.2, 0.25) is 0 Å². The van der Waals surface area contributed by atoms with E-state index >= 15 is 0 Å². The second-order valence-corrected chi connectivity index (χ2v) is 4.43. The summed E-state index contributed by atoms with van der Waals surface area (Å²) in [5.74, 6) is 1.76. The maximum atomic E-state index is 4.35. The summed E-state index contributed by atoms with van der Waals surface area (Å²) in [6.07, 6.45) is 3.84. The molecule has 0 radical (unpaired) electrons. The summed E-state index contributed by atoms with van der Waals surface area (Å²) in [6, 6.07) is 6.20. The summed E-state index contributed by atoms with van der Waals surface area (Å²) in [7, 11) is 1.96. The second kappa shape index (κ2) is 3.87. The fourth-order valence-electron chi connectivity index (χ4n) is 2.28. The third kappa shape index (κ3) is 1.41. The summed E-state index contributed by atoms with van der Waals surface area (Å²) in [5.41, 5.74) is 2.21. The molecule has 84 valence electrons. The van der Waals surface area contributed by atoms with E-state index in [2.05, 4.69) is 26.0 Å². The molecule has 0 amide bonds. The average Bonchev–Trinajstić information content (AvgIpc) is 2.61. The van der Waals surface area contributed by atoms with Crippen LogP contribution in [0.2, 0.25) is 0 Å². The Kier molecular flexibility index (Phi) is 2.36. The van der Waals surface area contributed by atoms with Gasteiger partial charge in [0.15, 0.2) is 5.65 Å². The Balaban J connectivity index is 2.13. The van der Waals surface area contributed by atoms with Crippen molar-refractivity contribution < 1.29 is 0 Å². The van der Waals surface area contributed by atoms with Crippen LogP contribution in [0.15, 0.2) is 18.2 Å². The van der Waals surface area contributed by atoms with Gasteiger partial charge in [-0.2, -0.15) is 0 Å². The summed E-state index contributed by atoms with van der Waals surface area (Å²) >= 11 is 0. The molecule has 2 aromatic rings. The molecule has 1 aliphatic carbocycles. The van der Waals surface area contributed by atoms with E-state index in [1.54, 1.807) is 0 Å². The quantitative estimate of drug-likeness (QED) is 0.849. The molecule has 1 aliphatic rings. The van der Waals surface area contributed by atoms with Gasteiger partial charge >= 0.3 is 0 Å². The summed E-state index contributed by atoms with van der Waals surface area (Å²) in [5, 5.41) is 11.8. The molecule has 0 spiro atoms. The lowest BCUT2D eigenvalue weighted by Gasteiger charge is -2.24. The molecule has 0 saturated heterocycles. The van der Waals surface area contributed by atoms with E-state index < -0.39 is 0 Å². The van der Waals surface area contributed by atoms with Gasteiger partial charge in [-0.3, -0.25) is 4.40 Å². The number of pyridine rings is 1. The first-order valence-electron chi connectivity index (χ1n) is 5.87. The van der Waals surface area contributed by atoms with Crippen LogP contribution in [0.4, 0.5) is 0 Å². The Morgan fingerprint density at radius 3 is 2.94 bits per heavy atom. The maximum absolute atomic E-state index is 4.35. The molecule has 0 bridgehead atoms. The zero-order chi connectivity index (χ0) is 11.0. The molecule has 0 unspecified atom stereocenters. The minimum absolute atomic E-state index is 0.619. The largest absolute Gasteiger partial charge is 0.314 e. The highest BCUT2D eigenvalue weighted by Crippen LogP contribution is 2.35. The van der Waals surface area contributed by atoms with Crippen LogP contribution < -0.4 is 5.32 Å². The van der Waals surface area contributed by atoms with Crippen molar-refractivity contribution in [3.05, 3.63) is 29.7 Å². The van der Waals surface area contributed by atoms with Crippen LogP contribution in [0.3, 0.4) is 0 Å². The zero-order valence-corrected chi connectivity index (χ0v) is 9.48. The third-order valence-electron chi connectivity index (χ3n) is 3.36. The van der Waals surface area contributed by atoms with E-state index in [0.29, 0.717) is 5.92 Å². The highest BCUT2D eigenvalue weighted by molar-refractivity contribution is 5.40. The third-order valence-corrected chi connectivity index (χ3v) is 3.36. The van der Waals surface area contributed by atoms with Gasteiger partial charge in [-0.15, -0.1) is 10.2 Å². The van der Waals surface area contributed by atoms with Crippen molar-refractivity contribution in [3.63, 3.8) is 0 Å². The van der Waals surface area contributed by atoms with Gasteiger partial charge in [0, 0.05) is 18.2 Å². The van der Waals surface area contributed by atoms with Gasteiger partial charge in [0.25, 0.3) is 0 Å². The van der Waals surface area contributed by atoms with E-state index in [9.17, 15) is 0 Å². The van der Waals surface area contributed by atoms with Crippen LogP contribution in [0.5, 0.6) is 0 Å². The lowest BCUT2D eigenvalue weighted by atomic mass is 9.85. The Hall–Kier alpha value is -1.42. The fourth-order valence-corrected chi connectivity index (χ4v) is 2.28. The topological polar surface area (TPSA) is 42.2 Å².